The number of hydrogen-bond acceptors (Lipinski definition) is 1. The Kier molecular flexibility index (Phi) is 5.47. The van der Waals surface area contributed by atoms with Crippen LogP contribution in [0.25, 0.3) is 0 Å². The Balaban J connectivity index is 4.24. The molecular formula is C10H22FN. The molecule has 2 N–H and O–H groups in total. The lowest BCUT2D eigenvalue weighted by molar-refractivity contribution is 0.0728. The summed E-state index contributed by atoms with van der Waals surface area (Å²) in [5, 5.41) is 0. The molecule has 0 aromatic rings. The largest absolute Gasteiger partial charge is 0.328 e. The van der Waals surface area contributed by atoms with Gasteiger partial charge in [-0.2, -0.15) is 0 Å². The predicted molar refractivity (Wildman–Crippen MR) is 51.9 cm³/mol. The lowest BCUT2D eigenvalue weighted by Gasteiger charge is -2.31. The summed E-state index contributed by atoms with van der Waals surface area (Å²) in [6, 6.07) is 0. The van der Waals surface area contributed by atoms with Crippen LogP contribution in [0.5, 0.6) is 0 Å². The van der Waals surface area contributed by atoms with Gasteiger partial charge in [-0.25, -0.2) is 4.39 Å². The zero-order valence-corrected chi connectivity index (χ0v) is 8.57. The van der Waals surface area contributed by atoms with Crippen molar-refractivity contribution in [1.29, 1.82) is 0 Å². The molecule has 0 bridgehead atoms. The lowest BCUT2D eigenvalue weighted by Crippen LogP contribution is -2.40. The van der Waals surface area contributed by atoms with Crippen LogP contribution in [0.4, 0.5) is 4.39 Å². The number of rotatable bonds is 6. The van der Waals surface area contributed by atoms with Crippen molar-refractivity contribution in [2.24, 2.45) is 11.7 Å². The fourth-order valence-corrected chi connectivity index (χ4v) is 1.91. The SMILES string of the molecule is CCCC(F)(CN)C(CC)CC. The van der Waals surface area contributed by atoms with E-state index in [2.05, 4.69) is 0 Å². The van der Waals surface area contributed by atoms with Crippen molar-refractivity contribution >= 4 is 0 Å². The summed E-state index contributed by atoms with van der Waals surface area (Å²) in [5.74, 6) is 0.141. The quantitative estimate of drug-likeness (QED) is 0.660. The minimum absolute atomic E-state index is 0.141. The molecule has 0 heterocycles. The van der Waals surface area contributed by atoms with E-state index in [1.165, 1.54) is 0 Å². The van der Waals surface area contributed by atoms with Crippen LogP contribution in [0.15, 0.2) is 0 Å². The molecule has 0 aromatic carbocycles. The fraction of sp³-hybridized carbons (Fsp3) is 1.00. The fourth-order valence-electron chi connectivity index (χ4n) is 1.91. The molecule has 0 rings (SSSR count). The summed E-state index contributed by atoms with van der Waals surface area (Å²) in [5.41, 5.74) is 4.36. The summed E-state index contributed by atoms with van der Waals surface area (Å²) < 4.78 is 14.1. The summed E-state index contributed by atoms with van der Waals surface area (Å²) in [6.45, 7) is 6.25. The van der Waals surface area contributed by atoms with E-state index in [1.807, 2.05) is 20.8 Å². The summed E-state index contributed by atoms with van der Waals surface area (Å²) in [6.07, 6.45) is 3.27. The standard InChI is InChI=1S/C10H22FN/c1-4-7-10(11,8-12)9(5-2)6-3/h9H,4-8,12H2,1-3H3. The molecule has 0 amide bonds. The van der Waals surface area contributed by atoms with Crippen molar-refractivity contribution in [1.82, 2.24) is 0 Å². The maximum Gasteiger partial charge on any atom is 0.126 e. The highest BCUT2D eigenvalue weighted by Crippen LogP contribution is 2.31. The second kappa shape index (κ2) is 5.52. The molecule has 0 saturated carbocycles. The number of alkyl halides is 1. The molecule has 0 aromatic heterocycles. The van der Waals surface area contributed by atoms with E-state index >= 15 is 0 Å². The Morgan fingerprint density at radius 3 is 2.00 bits per heavy atom. The third kappa shape index (κ3) is 2.74. The Bertz CT molecular complexity index is 112. The number of hydrogen-bond donors (Lipinski definition) is 1. The Hall–Kier alpha value is -0.110. The van der Waals surface area contributed by atoms with Gasteiger partial charge in [-0.15, -0.1) is 0 Å². The molecule has 0 radical (unpaired) electrons. The maximum atomic E-state index is 14.1. The topological polar surface area (TPSA) is 26.0 Å². The Labute approximate surface area is 75.5 Å². The van der Waals surface area contributed by atoms with Gasteiger partial charge in [0.25, 0.3) is 0 Å². The number of halogens is 1. The first kappa shape index (κ1) is 11.9. The van der Waals surface area contributed by atoms with Crippen LogP contribution in [0.1, 0.15) is 46.5 Å². The minimum Gasteiger partial charge on any atom is -0.328 e. The molecule has 0 saturated heterocycles. The van der Waals surface area contributed by atoms with Gasteiger partial charge in [0.15, 0.2) is 0 Å². The van der Waals surface area contributed by atoms with Gasteiger partial charge in [0.2, 0.25) is 0 Å². The van der Waals surface area contributed by atoms with Crippen LogP contribution in [0.3, 0.4) is 0 Å². The van der Waals surface area contributed by atoms with E-state index in [1.54, 1.807) is 0 Å². The summed E-state index contributed by atoms with van der Waals surface area (Å²) in [7, 11) is 0. The highest BCUT2D eigenvalue weighted by Gasteiger charge is 2.34. The van der Waals surface area contributed by atoms with E-state index in [-0.39, 0.29) is 12.5 Å². The third-order valence-corrected chi connectivity index (χ3v) is 2.72. The van der Waals surface area contributed by atoms with E-state index in [0.29, 0.717) is 6.42 Å². The molecule has 1 nitrogen and oxygen atoms in total. The second-order valence-electron chi connectivity index (χ2n) is 3.50. The van der Waals surface area contributed by atoms with E-state index in [4.69, 9.17) is 5.73 Å². The van der Waals surface area contributed by atoms with Crippen molar-refractivity contribution in [2.75, 3.05) is 6.54 Å². The molecule has 1 unspecified atom stereocenters. The van der Waals surface area contributed by atoms with Crippen LogP contribution in [0, 0.1) is 5.92 Å². The van der Waals surface area contributed by atoms with Crippen LogP contribution in [-0.2, 0) is 0 Å². The number of nitrogens with two attached hydrogens (primary N) is 1. The monoisotopic (exact) mass is 175 g/mol. The molecular weight excluding hydrogens is 153 g/mol. The van der Waals surface area contributed by atoms with Crippen LogP contribution in [0.2, 0.25) is 0 Å². The molecule has 74 valence electrons. The minimum atomic E-state index is -1.11. The van der Waals surface area contributed by atoms with Crippen LogP contribution in [-0.4, -0.2) is 12.2 Å². The molecule has 1 atom stereocenters. The van der Waals surface area contributed by atoms with Gasteiger partial charge in [0.05, 0.1) is 0 Å². The molecule has 0 spiro atoms. The Morgan fingerprint density at radius 1 is 1.25 bits per heavy atom. The van der Waals surface area contributed by atoms with E-state index in [0.717, 1.165) is 19.3 Å². The average Bonchev–Trinajstić information content (AvgIpc) is 2.07. The second-order valence-corrected chi connectivity index (χ2v) is 3.50. The highest BCUT2D eigenvalue weighted by atomic mass is 19.1. The van der Waals surface area contributed by atoms with Crippen LogP contribution >= 0.6 is 0 Å². The first-order valence-electron chi connectivity index (χ1n) is 5.03. The third-order valence-electron chi connectivity index (χ3n) is 2.72. The molecule has 0 aliphatic heterocycles. The first-order chi connectivity index (χ1) is 5.64. The zero-order chi connectivity index (χ0) is 9.61. The summed E-state index contributed by atoms with van der Waals surface area (Å²) >= 11 is 0. The smallest absolute Gasteiger partial charge is 0.126 e. The lowest BCUT2D eigenvalue weighted by atomic mass is 9.82. The first-order valence-corrected chi connectivity index (χ1v) is 5.03. The van der Waals surface area contributed by atoms with Gasteiger partial charge in [-0.1, -0.05) is 40.0 Å². The average molecular weight is 175 g/mol. The van der Waals surface area contributed by atoms with Gasteiger partial charge >= 0.3 is 0 Å². The van der Waals surface area contributed by atoms with Crippen molar-refractivity contribution in [3.05, 3.63) is 0 Å². The summed E-state index contributed by atoms with van der Waals surface area (Å²) in [4.78, 5) is 0. The van der Waals surface area contributed by atoms with E-state index < -0.39 is 5.67 Å². The van der Waals surface area contributed by atoms with Gasteiger partial charge < -0.3 is 5.73 Å². The Morgan fingerprint density at radius 2 is 1.75 bits per heavy atom. The molecule has 0 aliphatic carbocycles. The maximum absolute atomic E-state index is 14.1. The van der Waals surface area contributed by atoms with Crippen molar-refractivity contribution in [3.8, 4) is 0 Å². The van der Waals surface area contributed by atoms with Gasteiger partial charge in [-0.3, -0.25) is 0 Å². The molecule has 2 heteroatoms. The van der Waals surface area contributed by atoms with Gasteiger partial charge in [0.1, 0.15) is 5.67 Å². The van der Waals surface area contributed by atoms with Crippen molar-refractivity contribution in [2.45, 2.75) is 52.1 Å². The molecule has 0 fully saturated rings. The zero-order valence-electron chi connectivity index (χ0n) is 8.57. The van der Waals surface area contributed by atoms with Crippen LogP contribution < -0.4 is 5.73 Å². The van der Waals surface area contributed by atoms with Gasteiger partial charge in [-0.05, 0) is 12.3 Å². The van der Waals surface area contributed by atoms with E-state index in [9.17, 15) is 4.39 Å². The molecule has 12 heavy (non-hydrogen) atoms. The predicted octanol–water partition coefficient (Wildman–Crippen LogP) is 2.89. The highest BCUT2D eigenvalue weighted by molar-refractivity contribution is 4.86. The van der Waals surface area contributed by atoms with Crippen molar-refractivity contribution in [3.63, 3.8) is 0 Å². The normalized spacial score (nSPS) is 16.5. The molecule has 0 aliphatic rings. The van der Waals surface area contributed by atoms with Gasteiger partial charge in [0, 0.05) is 6.54 Å². The van der Waals surface area contributed by atoms with Crippen molar-refractivity contribution < 1.29 is 4.39 Å².